The predicted molar refractivity (Wildman–Crippen MR) is 71.2 cm³/mol. The third-order valence-electron chi connectivity index (χ3n) is 3.24. The fourth-order valence-electron chi connectivity index (χ4n) is 2.32. The number of nitrogens with zero attached hydrogens (tertiary/aromatic N) is 2. The molecule has 1 atom stereocenters. The first-order chi connectivity index (χ1) is 8.24. The van der Waals surface area contributed by atoms with Gasteiger partial charge in [0.05, 0.1) is 0 Å². The highest BCUT2D eigenvalue weighted by Crippen LogP contribution is 2.24. The van der Waals surface area contributed by atoms with Crippen molar-refractivity contribution in [1.29, 1.82) is 0 Å². The van der Waals surface area contributed by atoms with Crippen LogP contribution in [0.4, 0.5) is 4.39 Å². The Morgan fingerprint density at radius 1 is 1.28 bits per heavy atom. The molecule has 5 heteroatoms. The summed E-state index contributed by atoms with van der Waals surface area (Å²) in [5, 5.41) is 0. The Hall–Kier alpha value is -1.39. The molecule has 0 bridgehead atoms. The molecule has 0 saturated carbocycles. The topological polar surface area (TPSA) is 43.8 Å². The highest BCUT2D eigenvalue weighted by Gasteiger charge is 2.19. The van der Waals surface area contributed by atoms with E-state index in [1.165, 1.54) is 17.8 Å². The standard InChI is InChI=1S/C13H14FN3.ClH/c14-10-3-1-9(2-4-10)13-16-8-12-7-11(15)5-6-17(12)13;/h1-4,8,11H,5-7,15H2;1H. The van der Waals surface area contributed by atoms with E-state index >= 15 is 0 Å². The van der Waals surface area contributed by atoms with Crippen molar-refractivity contribution in [3.8, 4) is 11.4 Å². The summed E-state index contributed by atoms with van der Waals surface area (Å²) < 4.78 is 15.1. The fraction of sp³-hybridized carbons (Fsp3) is 0.308. The van der Waals surface area contributed by atoms with Gasteiger partial charge in [-0.2, -0.15) is 0 Å². The van der Waals surface area contributed by atoms with Crippen molar-refractivity contribution in [3.63, 3.8) is 0 Å². The fourth-order valence-corrected chi connectivity index (χ4v) is 2.32. The van der Waals surface area contributed by atoms with Gasteiger partial charge in [-0.1, -0.05) is 0 Å². The summed E-state index contributed by atoms with van der Waals surface area (Å²) in [5.41, 5.74) is 8.05. The van der Waals surface area contributed by atoms with Crippen LogP contribution >= 0.6 is 12.4 Å². The molecule has 1 aromatic carbocycles. The van der Waals surface area contributed by atoms with Crippen LogP contribution in [0.15, 0.2) is 30.5 Å². The van der Waals surface area contributed by atoms with Crippen molar-refractivity contribution in [2.75, 3.05) is 0 Å². The first-order valence-corrected chi connectivity index (χ1v) is 5.80. The molecule has 0 fully saturated rings. The molecule has 0 radical (unpaired) electrons. The third-order valence-corrected chi connectivity index (χ3v) is 3.24. The van der Waals surface area contributed by atoms with Gasteiger partial charge in [-0.05, 0) is 30.7 Å². The zero-order chi connectivity index (χ0) is 11.8. The molecule has 2 N–H and O–H groups in total. The van der Waals surface area contributed by atoms with Crippen molar-refractivity contribution in [1.82, 2.24) is 9.55 Å². The monoisotopic (exact) mass is 267 g/mol. The van der Waals surface area contributed by atoms with Gasteiger partial charge in [-0.3, -0.25) is 0 Å². The van der Waals surface area contributed by atoms with Gasteiger partial charge in [0.1, 0.15) is 11.6 Å². The van der Waals surface area contributed by atoms with E-state index in [4.69, 9.17) is 5.73 Å². The molecule has 3 rings (SSSR count). The van der Waals surface area contributed by atoms with Gasteiger partial charge in [0.15, 0.2) is 0 Å². The summed E-state index contributed by atoms with van der Waals surface area (Å²) in [5.74, 6) is 0.688. The Morgan fingerprint density at radius 3 is 2.72 bits per heavy atom. The Kier molecular flexibility index (Phi) is 3.68. The molecule has 1 aliphatic rings. The molecule has 18 heavy (non-hydrogen) atoms. The summed E-state index contributed by atoms with van der Waals surface area (Å²) in [4.78, 5) is 4.42. The van der Waals surface area contributed by atoms with Crippen molar-refractivity contribution in [2.45, 2.75) is 25.4 Å². The van der Waals surface area contributed by atoms with Crippen LogP contribution in [0.2, 0.25) is 0 Å². The number of hydrogen-bond acceptors (Lipinski definition) is 2. The quantitative estimate of drug-likeness (QED) is 0.862. The van der Waals surface area contributed by atoms with E-state index in [9.17, 15) is 4.39 Å². The number of imidazole rings is 1. The predicted octanol–water partition coefficient (Wildman–Crippen LogP) is 2.38. The molecule has 0 aliphatic carbocycles. The van der Waals surface area contributed by atoms with Crippen molar-refractivity contribution in [2.24, 2.45) is 5.73 Å². The number of halogens is 2. The number of rotatable bonds is 1. The normalized spacial score (nSPS) is 18.0. The zero-order valence-corrected chi connectivity index (χ0v) is 10.7. The van der Waals surface area contributed by atoms with Crippen LogP contribution in [-0.4, -0.2) is 15.6 Å². The Morgan fingerprint density at radius 2 is 2.00 bits per heavy atom. The van der Waals surface area contributed by atoms with Crippen LogP contribution in [0.1, 0.15) is 12.1 Å². The molecule has 0 saturated heterocycles. The molecule has 2 heterocycles. The van der Waals surface area contributed by atoms with E-state index in [1.54, 1.807) is 12.1 Å². The minimum absolute atomic E-state index is 0. The van der Waals surface area contributed by atoms with Crippen LogP contribution in [0.5, 0.6) is 0 Å². The maximum absolute atomic E-state index is 12.9. The highest BCUT2D eigenvalue weighted by molar-refractivity contribution is 5.85. The van der Waals surface area contributed by atoms with Gasteiger partial charge in [0, 0.05) is 36.5 Å². The average molecular weight is 268 g/mol. The van der Waals surface area contributed by atoms with Crippen molar-refractivity contribution < 1.29 is 4.39 Å². The zero-order valence-electron chi connectivity index (χ0n) is 9.84. The van der Waals surface area contributed by atoms with E-state index < -0.39 is 0 Å². The largest absolute Gasteiger partial charge is 0.328 e. The first kappa shape index (κ1) is 13.1. The summed E-state index contributed by atoms with van der Waals surface area (Å²) in [6.45, 7) is 0.892. The van der Waals surface area contributed by atoms with Crippen molar-refractivity contribution >= 4 is 12.4 Å². The maximum atomic E-state index is 12.9. The SMILES string of the molecule is Cl.NC1CCn2c(cnc2-c2ccc(F)cc2)C1. The first-order valence-electron chi connectivity index (χ1n) is 5.80. The van der Waals surface area contributed by atoms with E-state index in [0.29, 0.717) is 0 Å². The van der Waals surface area contributed by atoms with Crippen molar-refractivity contribution in [3.05, 3.63) is 42.0 Å². The molecule has 2 aromatic rings. The second kappa shape index (κ2) is 5.08. The van der Waals surface area contributed by atoms with Crippen LogP contribution in [0.3, 0.4) is 0 Å². The lowest BCUT2D eigenvalue weighted by Crippen LogP contribution is -2.30. The lowest BCUT2D eigenvalue weighted by Gasteiger charge is -2.21. The Labute approximate surface area is 111 Å². The van der Waals surface area contributed by atoms with E-state index in [2.05, 4.69) is 9.55 Å². The third kappa shape index (κ3) is 2.26. The van der Waals surface area contributed by atoms with E-state index in [-0.39, 0.29) is 24.3 Å². The minimum Gasteiger partial charge on any atom is -0.328 e. The van der Waals surface area contributed by atoms with Gasteiger partial charge >= 0.3 is 0 Å². The molecule has 96 valence electrons. The van der Waals surface area contributed by atoms with Gasteiger partial charge in [0.2, 0.25) is 0 Å². The molecule has 0 spiro atoms. The molecular weight excluding hydrogens is 253 g/mol. The second-order valence-electron chi connectivity index (χ2n) is 4.48. The van der Waals surface area contributed by atoms with E-state index in [0.717, 1.165) is 30.8 Å². The van der Waals surface area contributed by atoms with Crippen LogP contribution < -0.4 is 5.73 Å². The van der Waals surface area contributed by atoms with E-state index in [1.807, 2.05) is 6.20 Å². The second-order valence-corrected chi connectivity index (χ2v) is 4.48. The number of nitrogens with two attached hydrogens (primary N) is 1. The number of benzene rings is 1. The lowest BCUT2D eigenvalue weighted by atomic mass is 10.1. The highest BCUT2D eigenvalue weighted by atomic mass is 35.5. The number of fused-ring (bicyclic) bond motifs is 1. The molecular formula is C13H15ClFN3. The minimum atomic E-state index is -0.221. The number of hydrogen-bond donors (Lipinski definition) is 1. The number of aromatic nitrogens is 2. The Balaban J connectivity index is 0.00000120. The molecule has 1 aliphatic heterocycles. The van der Waals surface area contributed by atoms with Gasteiger partial charge < -0.3 is 10.3 Å². The summed E-state index contributed by atoms with van der Waals surface area (Å²) in [6, 6.07) is 6.69. The summed E-state index contributed by atoms with van der Waals surface area (Å²) in [6.07, 6.45) is 3.71. The molecule has 0 amide bonds. The smallest absolute Gasteiger partial charge is 0.140 e. The van der Waals surface area contributed by atoms with Gasteiger partial charge in [-0.25, -0.2) is 9.37 Å². The summed E-state index contributed by atoms with van der Waals surface area (Å²) in [7, 11) is 0. The lowest BCUT2D eigenvalue weighted by molar-refractivity contribution is 0.474. The summed E-state index contributed by atoms with van der Waals surface area (Å²) >= 11 is 0. The van der Waals surface area contributed by atoms with Crippen LogP contribution in [0, 0.1) is 5.82 Å². The average Bonchev–Trinajstić information content (AvgIpc) is 2.73. The van der Waals surface area contributed by atoms with Gasteiger partial charge in [0.25, 0.3) is 0 Å². The van der Waals surface area contributed by atoms with Crippen LogP contribution in [-0.2, 0) is 13.0 Å². The molecule has 1 aromatic heterocycles. The maximum Gasteiger partial charge on any atom is 0.140 e. The van der Waals surface area contributed by atoms with Gasteiger partial charge in [-0.15, -0.1) is 12.4 Å². The molecule has 1 unspecified atom stereocenters. The molecule has 3 nitrogen and oxygen atoms in total. The Bertz CT molecular complexity index is 536. The van der Waals surface area contributed by atoms with Crippen LogP contribution in [0.25, 0.3) is 11.4 Å².